The second-order valence-corrected chi connectivity index (χ2v) is 7.28. The third-order valence-electron chi connectivity index (χ3n) is 2.47. The number of rotatable bonds is 3. The van der Waals surface area contributed by atoms with E-state index in [1.165, 1.54) is 6.07 Å². The minimum Gasteiger partial charge on any atom is -0.319 e. The predicted molar refractivity (Wildman–Crippen MR) is 84.6 cm³/mol. The Bertz CT molecular complexity index is 856. The summed E-state index contributed by atoms with van der Waals surface area (Å²) < 4.78 is 22.9. The van der Waals surface area contributed by atoms with E-state index < -0.39 is 20.9 Å². The molecule has 6 nitrogen and oxygen atoms in total. The summed E-state index contributed by atoms with van der Waals surface area (Å²) >= 11 is 17.6. The van der Waals surface area contributed by atoms with Crippen LogP contribution >= 0.6 is 34.8 Å². The summed E-state index contributed by atoms with van der Waals surface area (Å²) in [6.07, 6.45) is 1.96. The summed E-state index contributed by atoms with van der Waals surface area (Å²) in [6, 6.07) is 4.67. The quantitative estimate of drug-likeness (QED) is 0.827. The van der Waals surface area contributed by atoms with Crippen LogP contribution in [0.1, 0.15) is 10.5 Å². The van der Waals surface area contributed by atoms with Crippen molar-refractivity contribution in [3.05, 3.63) is 45.2 Å². The number of carbonyl (C=O) groups excluding carboxylic acids is 1. The van der Waals surface area contributed by atoms with Gasteiger partial charge in [0, 0.05) is 6.26 Å². The van der Waals surface area contributed by atoms with Crippen LogP contribution in [0.2, 0.25) is 15.1 Å². The largest absolute Gasteiger partial charge is 0.319 e. The van der Waals surface area contributed by atoms with Crippen molar-refractivity contribution in [3.63, 3.8) is 0 Å². The molecule has 2 rings (SSSR count). The summed E-state index contributed by atoms with van der Waals surface area (Å²) in [5, 5.41) is 2.27. The van der Waals surface area contributed by atoms with Gasteiger partial charge >= 0.3 is 0 Å². The zero-order chi connectivity index (χ0) is 16.5. The van der Waals surface area contributed by atoms with E-state index in [-0.39, 0.29) is 26.4 Å². The van der Waals surface area contributed by atoms with Gasteiger partial charge in [-0.25, -0.2) is 18.4 Å². The van der Waals surface area contributed by atoms with Gasteiger partial charge in [0.25, 0.3) is 5.91 Å². The van der Waals surface area contributed by atoms with Crippen LogP contribution in [-0.2, 0) is 9.84 Å². The fourth-order valence-corrected chi connectivity index (χ4v) is 2.50. The lowest BCUT2D eigenvalue weighted by Gasteiger charge is -2.09. The first-order valence-electron chi connectivity index (χ1n) is 5.68. The van der Waals surface area contributed by atoms with Crippen molar-refractivity contribution in [2.75, 3.05) is 11.6 Å². The third-order valence-corrected chi connectivity index (χ3v) is 4.42. The van der Waals surface area contributed by atoms with Crippen molar-refractivity contribution in [3.8, 4) is 0 Å². The lowest BCUT2D eigenvalue weighted by atomic mass is 10.3. The van der Waals surface area contributed by atoms with Crippen LogP contribution in [0.5, 0.6) is 0 Å². The van der Waals surface area contributed by atoms with Gasteiger partial charge in [-0.05, 0) is 12.1 Å². The average molecular weight is 381 g/mol. The van der Waals surface area contributed by atoms with Crippen LogP contribution in [-0.4, -0.2) is 30.5 Å². The number of benzene rings is 1. The Morgan fingerprint density at radius 2 is 1.86 bits per heavy atom. The summed E-state index contributed by atoms with van der Waals surface area (Å²) in [7, 11) is -3.67. The van der Waals surface area contributed by atoms with E-state index in [1.807, 2.05) is 0 Å². The highest BCUT2D eigenvalue weighted by Gasteiger charge is 2.19. The van der Waals surface area contributed by atoms with Gasteiger partial charge in [0.15, 0.2) is 5.69 Å². The van der Waals surface area contributed by atoms with Gasteiger partial charge in [-0.3, -0.25) is 4.79 Å². The molecule has 0 fully saturated rings. The maximum Gasteiger partial charge on any atom is 0.276 e. The van der Waals surface area contributed by atoms with Gasteiger partial charge < -0.3 is 5.32 Å². The first-order chi connectivity index (χ1) is 10.2. The van der Waals surface area contributed by atoms with Gasteiger partial charge in [-0.2, -0.15) is 0 Å². The maximum atomic E-state index is 12.2. The lowest BCUT2D eigenvalue weighted by molar-refractivity contribution is 0.102. The van der Waals surface area contributed by atoms with Crippen LogP contribution < -0.4 is 5.32 Å². The molecule has 10 heteroatoms. The lowest BCUT2D eigenvalue weighted by Crippen LogP contribution is -2.17. The average Bonchev–Trinajstić information content (AvgIpc) is 2.43. The molecule has 0 bridgehead atoms. The topological polar surface area (TPSA) is 89.0 Å². The molecule has 0 radical (unpaired) electrons. The Balaban J connectivity index is 2.40. The molecule has 1 N–H and O–H groups in total. The van der Waals surface area contributed by atoms with Gasteiger partial charge in [0.2, 0.25) is 15.0 Å². The molecule has 0 aliphatic heterocycles. The second-order valence-electron chi connectivity index (χ2n) is 4.18. The molecule has 0 aliphatic carbocycles. The predicted octanol–water partition coefficient (Wildman–Crippen LogP) is 3.09. The smallest absolute Gasteiger partial charge is 0.276 e. The van der Waals surface area contributed by atoms with E-state index >= 15 is 0 Å². The molecule has 0 spiro atoms. The molecule has 1 heterocycles. The van der Waals surface area contributed by atoms with Crippen molar-refractivity contribution in [2.24, 2.45) is 0 Å². The van der Waals surface area contributed by atoms with E-state index in [0.717, 1.165) is 12.5 Å². The van der Waals surface area contributed by atoms with Gasteiger partial charge in [0.1, 0.15) is 0 Å². The van der Waals surface area contributed by atoms with E-state index in [2.05, 4.69) is 15.3 Å². The van der Waals surface area contributed by atoms with Crippen LogP contribution in [0.3, 0.4) is 0 Å². The maximum absolute atomic E-state index is 12.2. The number of sulfone groups is 1. The number of amides is 1. The molecule has 1 aromatic carbocycles. The van der Waals surface area contributed by atoms with E-state index in [0.29, 0.717) is 0 Å². The number of nitrogens with one attached hydrogen (secondary N) is 1. The van der Waals surface area contributed by atoms with Crippen molar-refractivity contribution in [1.29, 1.82) is 0 Å². The van der Waals surface area contributed by atoms with Gasteiger partial charge in [-0.15, -0.1) is 0 Å². The number of halogens is 3. The highest BCUT2D eigenvalue weighted by atomic mass is 35.5. The molecule has 0 atom stereocenters. The summed E-state index contributed by atoms with van der Waals surface area (Å²) in [6.45, 7) is 0. The molecular weight excluding hydrogens is 373 g/mol. The highest BCUT2D eigenvalue weighted by Crippen LogP contribution is 2.30. The zero-order valence-electron chi connectivity index (χ0n) is 11.0. The summed E-state index contributed by atoms with van der Waals surface area (Å²) in [5.41, 5.74) is -0.0390. The number of hydrogen-bond donors (Lipinski definition) is 1. The molecule has 2 aromatic rings. The normalized spacial score (nSPS) is 11.3. The van der Waals surface area contributed by atoms with Crippen LogP contribution in [0, 0.1) is 0 Å². The molecule has 0 aliphatic rings. The number of anilines is 1. The van der Waals surface area contributed by atoms with Crippen molar-refractivity contribution in [1.82, 2.24) is 9.97 Å². The van der Waals surface area contributed by atoms with Gasteiger partial charge in [0.05, 0.1) is 27.0 Å². The SMILES string of the molecule is CS(=O)(=O)c1ncc(Cl)c(C(=O)Nc2cccc(Cl)c2Cl)n1. The minimum absolute atomic E-state index is 0.0944. The fourth-order valence-electron chi connectivity index (χ4n) is 1.47. The molecule has 1 amide bonds. The highest BCUT2D eigenvalue weighted by molar-refractivity contribution is 7.90. The standard InChI is InChI=1S/C12H8Cl3N3O3S/c1-22(20,21)12-16-5-7(14)10(18-12)11(19)17-8-4-2-3-6(13)9(8)15/h2-5H,1H3,(H,17,19). The second kappa shape index (κ2) is 6.37. The molecule has 0 saturated heterocycles. The third kappa shape index (κ3) is 3.67. The van der Waals surface area contributed by atoms with Crippen LogP contribution in [0.15, 0.2) is 29.6 Å². The Hall–Kier alpha value is -1.41. The monoisotopic (exact) mass is 379 g/mol. The molecule has 0 unspecified atom stereocenters. The summed E-state index contributed by atoms with van der Waals surface area (Å²) in [4.78, 5) is 19.4. The van der Waals surface area contributed by atoms with Crippen LogP contribution in [0.25, 0.3) is 0 Å². The van der Waals surface area contributed by atoms with E-state index in [9.17, 15) is 13.2 Å². The summed E-state index contributed by atoms with van der Waals surface area (Å²) in [5.74, 6) is -0.735. The molecule has 0 saturated carbocycles. The first-order valence-corrected chi connectivity index (χ1v) is 8.70. The number of aromatic nitrogens is 2. The molecule has 116 valence electrons. The Labute approximate surface area is 141 Å². The van der Waals surface area contributed by atoms with E-state index in [4.69, 9.17) is 34.8 Å². The minimum atomic E-state index is -3.67. The molecule has 1 aromatic heterocycles. The Morgan fingerprint density at radius 3 is 2.50 bits per heavy atom. The number of nitrogens with zero attached hydrogens (tertiary/aromatic N) is 2. The fraction of sp³-hybridized carbons (Fsp3) is 0.0833. The first kappa shape index (κ1) is 17.0. The zero-order valence-corrected chi connectivity index (χ0v) is 14.1. The molecular formula is C12H8Cl3N3O3S. The van der Waals surface area contributed by atoms with E-state index in [1.54, 1.807) is 12.1 Å². The molecule has 22 heavy (non-hydrogen) atoms. The number of hydrogen-bond acceptors (Lipinski definition) is 5. The Morgan fingerprint density at radius 1 is 1.18 bits per heavy atom. The van der Waals surface area contributed by atoms with Crippen molar-refractivity contribution in [2.45, 2.75) is 5.16 Å². The Kier molecular flexibility index (Phi) is 4.91. The number of carbonyl (C=O) groups is 1. The van der Waals surface area contributed by atoms with Crippen molar-refractivity contribution >= 4 is 56.2 Å². The van der Waals surface area contributed by atoms with Gasteiger partial charge in [-0.1, -0.05) is 40.9 Å². The van der Waals surface area contributed by atoms with Crippen LogP contribution in [0.4, 0.5) is 5.69 Å². The van der Waals surface area contributed by atoms with Crippen molar-refractivity contribution < 1.29 is 13.2 Å².